The number of nitrogens with zero attached hydrogens (tertiary/aromatic N) is 1. The van der Waals surface area contributed by atoms with E-state index in [1.807, 2.05) is 6.92 Å². The smallest absolute Gasteiger partial charge is 0.243 e. The van der Waals surface area contributed by atoms with E-state index in [-0.39, 0.29) is 18.0 Å². The zero-order chi connectivity index (χ0) is 17.7. The molecular weight excluding hydrogens is 348 g/mol. The molecule has 0 aliphatic rings. The van der Waals surface area contributed by atoms with Gasteiger partial charge in [0.15, 0.2) is 0 Å². The van der Waals surface area contributed by atoms with E-state index < -0.39 is 15.9 Å². The first kappa shape index (κ1) is 18.4. The number of carbonyl (C=O) groups is 1. The number of benzene rings is 2. The third kappa shape index (κ3) is 4.56. The monoisotopic (exact) mass is 366 g/mol. The van der Waals surface area contributed by atoms with Crippen molar-refractivity contribution >= 4 is 33.2 Å². The van der Waals surface area contributed by atoms with Gasteiger partial charge in [0, 0.05) is 17.3 Å². The van der Waals surface area contributed by atoms with Crippen LogP contribution in [0.4, 0.5) is 5.69 Å². The average Bonchev–Trinajstić information content (AvgIpc) is 2.53. The van der Waals surface area contributed by atoms with Crippen molar-refractivity contribution in [3.05, 3.63) is 59.1 Å². The van der Waals surface area contributed by atoms with E-state index >= 15 is 0 Å². The summed E-state index contributed by atoms with van der Waals surface area (Å²) in [5.74, 6) is -0.421. The summed E-state index contributed by atoms with van der Waals surface area (Å²) in [6.07, 6.45) is 0. The molecule has 1 N–H and O–H groups in total. The zero-order valence-electron chi connectivity index (χ0n) is 13.5. The maximum Gasteiger partial charge on any atom is 0.243 e. The van der Waals surface area contributed by atoms with Gasteiger partial charge in [0.05, 0.1) is 11.4 Å². The number of anilines is 1. The summed E-state index contributed by atoms with van der Waals surface area (Å²) in [5.41, 5.74) is 1.49. The fourth-order valence-electron chi connectivity index (χ4n) is 2.15. The minimum Gasteiger partial charge on any atom is -0.325 e. The van der Waals surface area contributed by atoms with Gasteiger partial charge in [0.25, 0.3) is 0 Å². The highest BCUT2D eigenvalue weighted by atomic mass is 35.5. The molecule has 0 atom stereocenters. The van der Waals surface area contributed by atoms with Crippen molar-refractivity contribution in [3.63, 3.8) is 0 Å². The molecular formula is C17H19ClN2O3S. The zero-order valence-corrected chi connectivity index (χ0v) is 15.1. The summed E-state index contributed by atoms with van der Waals surface area (Å²) < 4.78 is 26.4. The molecule has 0 heterocycles. The quantitative estimate of drug-likeness (QED) is 0.853. The van der Waals surface area contributed by atoms with Crippen molar-refractivity contribution in [3.8, 4) is 0 Å². The summed E-state index contributed by atoms with van der Waals surface area (Å²) in [7, 11) is -3.72. The third-order valence-corrected chi connectivity index (χ3v) is 5.61. The molecule has 0 spiro atoms. The number of sulfonamides is 1. The molecule has 2 aromatic rings. The molecule has 0 bridgehead atoms. The first-order chi connectivity index (χ1) is 11.3. The molecule has 0 fully saturated rings. The molecule has 0 aliphatic heterocycles. The van der Waals surface area contributed by atoms with Gasteiger partial charge in [0.1, 0.15) is 0 Å². The Balaban J connectivity index is 2.13. The molecule has 2 aromatic carbocycles. The van der Waals surface area contributed by atoms with Gasteiger partial charge in [-0.25, -0.2) is 8.42 Å². The molecule has 5 nitrogen and oxygen atoms in total. The van der Waals surface area contributed by atoms with Crippen molar-refractivity contribution in [1.29, 1.82) is 0 Å². The van der Waals surface area contributed by atoms with Crippen LogP contribution in [-0.2, 0) is 14.8 Å². The highest BCUT2D eigenvalue weighted by Crippen LogP contribution is 2.17. The second-order valence-corrected chi connectivity index (χ2v) is 7.68. The summed E-state index contributed by atoms with van der Waals surface area (Å²) in [4.78, 5) is 12.3. The molecule has 2 rings (SSSR count). The molecule has 0 aromatic heterocycles. The average molecular weight is 367 g/mol. The maximum atomic E-state index is 12.6. The topological polar surface area (TPSA) is 66.5 Å². The Hall–Kier alpha value is -1.89. The number of rotatable bonds is 6. The van der Waals surface area contributed by atoms with Crippen LogP contribution in [0.3, 0.4) is 0 Å². The fourth-order valence-corrected chi connectivity index (χ4v) is 3.75. The molecule has 0 aliphatic carbocycles. The molecule has 0 unspecified atom stereocenters. The Bertz CT molecular complexity index is 820. The third-order valence-electron chi connectivity index (χ3n) is 3.44. The number of hydrogen-bond acceptors (Lipinski definition) is 3. The maximum absolute atomic E-state index is 12.6. The lowest BCUT2D eigenvalue weighted by atomic mass is 10.2. The summed E-state index contributed by atoms with van der Waals surface area (Å²) >= 11 is 5.87. The highest BCUT2D eigenvalue weighted by Gasteiger charge is 2.25. The van der Waals surface area contributed by atoms with Crippen LogP contribution in [0, 0.1) is 6.92 Å². The van der Waals surface area contributed by atoms with Crippen LogP contribution in [0.25, 0.3) is 0 Å². The highest BCUT2D eigenvalue weighted by molar-refractivity contribution is 7.89. The van der Waals surface area contributed by atoms with Crippen LogP contribution in [0.2, 0.25) is 5.02 Å². The lowest BCUT2D eigenvalue weighted by molar-refractivity contribution is -0.116. The Morgan fingerprint density at radius 2 is 1.83 bits per heavy atom. The van der Waals surface area contributed by atoms with Crippen LogP contribution in [0.5, 0.6) is 0 Å². The van der Waals surface area contributed by atoms with E-state index in [4.69, 9.17) is 11.6 Å². The van der Waals surface area contributed by atoms with Crippen LogP contribution in [0.1, 0.15) is 12.5 Å². The SMILES string of the molecule is CCN(CC(=O)Nc1cccc(Cl)c1)S(=O)(=O)c1ccc(C)cc1. The summed E-state index contributed by atoms with van der Waals surface area (Å²) in [5, 5.41) is 3.14. The number of amides is 1. The Labute approximate surface area is 147 Å². The van der Waals surface area contributed by atoms with Gasteiger partial charge in [0.2, 0.25) is 15.9 Å². The van der Waals surface area contributed by atoms with Gasteiger partial charge in [-0.15, -0.1) is 0 Å². The lowest BCUT2D eigenvalue weighted by Gasteiger charge is -2.20. The molecule has 0 saturated carbocycles. The van der Waals surface area contributed by atoms with Gasteiger partial charge in [-0.3, -0.25) is 4.79 Å². The van der Waals surface area contributed by atoms with Gasteiger partial charge in [-0.05, 0) is 37.3 Å². The molecule has 24 heavy (non-hydrogen) atoms. The first-order valence-electron chi connectivity index (χ1n) is 7.45. The minimum atomic E-state index is -3.72. The molecule has 0 radical (unpaired) electrons. The van der Waals surface area contributed by atoms with Crippen molar-refractivity contribution in [2.24, 2.45) is 0 Å². The fraction of sp³-hybridized carbons (Fsp3) is 0.235. The number of hydrogen-bond donors (Lipinski definition) is 1. The van der Waals surface area contributed by atoms with E-state index in [1.165, 1.54) is 0 Å². The predicted molar refractivity (Wildman–Crippen MR) is 95.7 cm³/mol. The normalized spacial score (nSPS) is 11.5. The van der Waals surface area contributed by atoms with Crippen LogP contribution in [-0.4, -0.2) is 31.7 Å². The number of carbonyl (C=O) groups excluding carboxylic acids is 1. The van der Waals surface area contributed by atoms with E-state index in [0.717, 1.165) is 9.87 Å². The van der Waals surface area contributed by atoms with Gasteiger partial charge >= 0.3 is 0 Å². The number of likely N-dealkylation sites (N-methyl/N-ethyl adjacent to an activating group) is 1. The van der Waals surface area contributed by atoms with E-state index in [0.29, 0.717) is 10.7 Å². The first-order valence-corrected chi connectivity index (χ1v) is 9.27. The molecule has 1 amide bonds. The standard InChI is InChI=1S/C17H19ClN2O3S/c1-3-20(24(22,23)16-9-7-13(2)8-10-16)12-17(21)19-15-6-4-5-14(18)11-15/h4-11H,3,12H2,1-2H3,(H,19,21). The molecule has 128 valence electrons. The number of halogens is 1. The summed E-state index contributed by atoms with van der Waals surface area (Å²) in [6, 6.07) is 13.2. The van der Waals surface area contributed by atoms with E-state index in [1.54, 1.807) is 55.5 Å². The molecule has 0 saturated heterocycles. The van der Waals surface area contributed by atoms with Crippen LogP contribution in [0.15, 0.2) is 53.4 Å². The van der Waals surface area contributed by atoms with Crippen LogP contribution >= 0.6 is 11.6 Å². The Morgan fingerprint density at radius 3 is 2.42 bits per heavy atom. The van der Waals surface area contributed by atoms with Gasteiger partial charge in [-0.2, -0.15) is 4.31 Å². The predicted octanol–water partition coefficient (Wildman–Crippen LogP) is 3.30. The van der Waals surface area contributed by atoms with Crippen molar-refractivity contribution in [2.75, 3.05) is 18.4 Å². The van der Waals surface area contributed by atoms with E-state index in [9.17, 15) is 13.2 Å². The Morgan fingerprint density at radius 1 is 1.17 bits per heavy atom. The largest absolute Gasteiger partial charge is 0.325 e. The Kier molecular flexibility index (Phi) is 5.99. The second kappa shape index (κ2) is 7.79. The van der Waals surface area contributed by atoms with Crippen LogP contribution < -0.4 is 5.32 Å². The number of aryl methyl sites for hydroxylation is 1. The molecule has 7 heteroatoms. The van der Waals surface area contributed by atoms with Crippen molar-refractivity contribution in [1.82, 2.24) is 4.31 Å². The van der Waals surface area contributed by atoms with E-state index in [2.05, 4.69) is 5.32 Å². The lowest BCUT2D eigenvalue weighted by Crippen LogP contribution is -2.37. The van der Waals surface area contributed by atoms with Crippen molar-refractivity contribution < 1.29 is 13.2 Å². The van der Waals surface area contributed by atoms with Gasteiger partial charge < -0.3 is 5.32 Å². The van der Waals surface area contributed by atoms with Gasteiger partial charge in [-0.1, -0.05) is 42.3 Å². The minimum absolute atomic E-state index is 0.172. The summed E-state index contributed by atoms with van der Waals surface area (Å²) in [6.45, 7) is 3.50. The second-order valence-electron chi connectivity index (χ2n) is 5.30. The van der Waals surface area contributed by atoms with Crippen molar-refractivity contribution in [2.45, 2.75) is 18.7 Å². The number of nitrogens with one attached hydrogen (secondary N) is 1.